The molecule has 5 nitrogen and oxygen atoms in total. The molecule has 122 valence electrons. The molecule has 0 saturated carbocycles. The number of rotatable bonds is 5. The lowest BCUT2D eigenvalue weighted by atomic mass is 10.2. The summed E-state index contributed by atoms with van der Waals surface area (Å²) in [6, 6.07) is 4.14. The van der Waals surface area contributed by atoms with E-state index in [0.717, 1.165) is 71.6 Å². The average Bonchev–Trinajstić information content (AvgIpc) is 3.18. The summed E-state index contributed by atoms with van der Waals surface area (Å²) in [5, 5.41) is 0. The van der Waals surface area contributed by atoms with Gasteiger partial charge in [0.05, 0.1) is 0 Å². The highest BCUT2D eigenvalue weighted by molar-refractivity contribution is 5.81. The van der Waals surface area contributed by atoms with E-state index in [4.69, 9.17) is 4.74 Å². The molecule has 0 bridgehead atoms. The lowest BCUT2D eigenvalue weighted by Gasteiger charge is -2.24. The van der Waals surface area contributed by atoms with Crippen molar-refractivity contribution >= 4 is 5.91 Å². The second-order valence-electron chi connectivity index (χ2n) is 6.30. The van der Waals surface area contributed by atoms with Crippen molar-refractivity contribution in [3.8, 4) is 0 Å². The summed E-state index contributed by atoms with van der Waals surface area (Å²) in [5.41, 5.74) is 0. The first-order valence-electron chi connectivity index (χ1n) is 8.56. The van der Waals surface area contributed by atoms with Crippen LogP contribution in [0.5, 0.6) is 0 Å². The van der Waals surface area contributed by atoms with Gasteiger partial charge in [-0.2, -0.15) is 0 Å². The molecule has 0 aromatic carbocycles. The average molecular weight is 305 g/mol. The molecule has 5 heteroatoms. The Balaban J connectivity index is 1.40. The largest absolute Gasteiger partial charge is 0.368 e. The number of hydrogen-bond acceptors (Lipinski definition) is 3. The summed E-state index contributed by atoms with van der Waals surface area (Å²) in [5.74, 6) is 0.215. The maximum absolute atomic E-state index is 12.4. The number of aryl methyl sites for hydroxylation is 1. The molecule has 1 unspecified atom stereocenters. The van der Waals surface area contributed by atoms with Gasteiger partial charge in [0.15, 0.2) is 0 Å². The summed E-state index contributed by atoms with van der Waals surface area (Å²) in [7, 11) is 0. The molecule has 1 amide bonds. The van der Waals surface area contributed by atoms with Crippen LogP contribution in [0.4, 0.5) is 0 Å². The lowest BCUT2D eigenvalue weighted by molar-refractivity contribution is -0.140. The van der Waals surface area contributed by atoms with Gasteiger partial charge in [0.2, 0.25) is 0 Å². The van der Waals surface area contributed by atoms with E-state index >= 15 is 0 Å². The van der Waals surface area contributed by atoms with Crippen LogP contribution in [0.1, 0.15) is 25.7 Å². The first-order chi connectivity index (χ1) is 10.8. The smallest absolute Gasteiger partial charge is 0.251 e. The van der Waals surface area contributed by atoms with Crippen molar-refractivity contribution < 1.29 is 9.53 Å². The lowest BCUT2D eigenvalue weighted by Crippen LogP contribution is -2.41. The molecule has 3 heterocycles. The van der Waals surface area contributed by atoms with Crippen LogP contribution in [0.25, 0.3) is 0 Å². The number of amides is 1. The van der Waals surface area contributed by atoms with E-state index in [1.165, 1.54) is 0 Å². The Morgan fingerprint density at radius 3 is 2.68 bits per heavy atom. The quantitative estimate of drug-likeness (QED) is 0.829. The number of aromatic nitrogens is 1. The molecule has 0 N–H and O–H groups in total. The fourth-order valence-corrected chi connectivity index (χ4v) is 3.39. The van der Waals surface area contributed by atoms with Crippen LogP contribution in [0.15, 0.2) is 24.5 Å². The third-order valence-corrected chi connectivity index (χ3v) is 4.66. The zero-order valence-electron chi connectivity index (χ0n) is 13.3. The molecule has 2 fully saturated rings. The predicted octanol–water partition coefficient (Wildman–Crippen LogP) is 1.59. The van der Waals surface area contributed by atoms with E-state index in [9.17, 15) is 4.79 Å². The number of hydrogen-bond donors (Lipinski definition) is 0. The molecule has 0 aliphatic carbocycles. The van der Waals surface area contributed by atoms with Crippen molar-refractivity contribution in [1.29, 1.82) is 0 Å². The van der Waals surface area contributed by atoms with E-state index in [2.05, 4.69) is 34.0 Å². The summed E-state index contributed by atoms with van der Waals surface area (Å²) < 4.78 is 7.76. The number of carbonyl (C=O) groups excluding carboxylic acids is 1. The van der Waals surface area contributed by atoms with Crippen molar-refractivity contribution in [2.75, 3.05) is 39.3 Å². The van der Waals surface area contributed by atoms with Crippen LogP contribution in [-0.4, -0.2) is 65.7 Å². The molecule has 2 saturated heterocycles. The second-order valence-corrected chi connectivity index (χ2v) is 6.30. The topological polar surface area (TPSA) is 37.7 Å². The van der Waals surface area contributed by atoms with Crippen molar-refractivity contribution in [3.63, 3.8) is 0 Å². The molecule has 3 rings (SSSR count). The van der Waals surface area contributed by atoms with Crippen LogP contribution in [0, 0.1) is 0 Å². The van der Waals surface area contributed by atoms with Gasteiger partial charge in [-0.25, -0.2) is 0 Å². The van der Waals surface area contributed by atoms with E-state index in [1.54, 1.807) is 0 Å². The number of carbonyl (C=O) groups is 1. The highest BCUT2D eigenvalue weighted by Gasteiger charge is 2.29. The van der Waals surface area contributed by atoms with Crippen LogP contribution in [-0.2, 0) is 16.1 Å². The van der Waals surface area contributed by atoms with E-state index < -0.39 is 0 Å². The van der Waals surface area contributed by atoms with Gasteiger partial charge in [0.1, 0.15) is 6.10 Å². The van der Waals surface area contributed by atoms with Gasteiger partial charge in [-0.05, 0) is 50.9 Å². The van der Waals surface area contributed by atoms with Crippen molar-refractivity contribution in [1.82, 2.24) is 14.4 Å². The van der Waals surface area contributed by atoms with Gasteiger partial charge >= 0.3 is 0 Å². The molecule has 0 spiro atoms. The van der Waals surface area contributed by atoms with Gasteiger partial charge in [-0.3, -0.25) is 4.79 Å². The summed E-state index contributed by atoms with van der Waals surface area (Å²) in [6.45, 7) is 6.75. The van der Waals surface area contributed by atoms with Crippen molar-refractivity contribution in [2.45, 2.75) is 38.3 Å². The Morgan fingerprint density at radius 2 is 1.91 bits per heavy atom. The highest BCUT2D eigenvalue weighted by atomic mass is 16.5. The number of nitrogens with zero attached hydrogens (tertiary/aromatic N) is 3. The monoisotopic (exact) mass is 305 g/mol. The molecular weight excluding hydrogens is 278 g/mol. The summed E-state index contributed by atoms with van der Waals surface area (Å²) >= 11 is 0. The predicted molar refractivity (Wildman–Crippen MR) is 85.7 cm³/mol. The summed E-state index contributed by atoms with van der Waals surface area (Å²) in [4.78, 5) is 16.9. The van der Waals surface area contributed by atoms with Crippen molar-refractivity contribution in [3.05, 3.63) is 24.5 Å². The van der Waals surface area contributed by atoms with E-state index in [1.807, 2.05) is 4.90 Å². The molecule has 1 aromatic rings. The zero-order chi connectivity index (χ0) is 15.2. The number of ether oxygens (including phenoxy) is 1. The Morgan fingerprint density at radius 1 is 1.05 bits per heavy atom. The molecule has 1 aromatic heterocycles. The zero-order valence-corrected chi connectivity index (χ0v) is 13.3. The van der Waals surface area contributed by atoms with Crippen LogP contribution in [0.2, 0.25) is 0 Å². The Hall–Kier alpha value is -1.33. The van der Waals surface area contributed by atoms with Crippen LogP contribution in [0.3, 0.4) is 0 Å². The first kappa shape index (κ1) is 15.6. The molecule has 0 radical (unpaired) electrons. The third-order valence-electron chi connectivity index (χ3n) is 4.66. The van der Waals surface area contributed by atoms with Gasteiger partial charge in [0, 0.05) is 45.2 Å². The van der Waals surface area contributed by atoms with E-state index in [0.29, 0.717) is 0 Å². The SMILES string of the molecule is O=C(C1CCCO1)N1CCCN(CCCn2cccc2)CC1. The van der Waals surface area contributed by atoms with Crippen LogP contribution < -0.4 is 0 Å². The second kappa shape index (κ2) is 7.79. The van der Waals surface area contributed by atoms with Gasteiger partial charge in [-0.15, -0.1) is 0 Å². The minimum Gasteiger partial charge on any atom is -0.368 e. The Labute approximate surface area is 132 Å². The van der Waals surface area contributed by atoms with Gasteiger partial charge < -0.3 is 19.1 Å². The first-order valence-corrected chi connectivity index (χ1v) is 8.56. The third kappa shape index (κ3) is 4.11. The molecule has 1 atom stereocenters. The fraction of sp³-hybridized carbons (Fsp3) is 0.706. The minimum atomic E-state index is -0.166. The Bertz CT molecular complexity index is 454. The van der Waals surface area contributed by atoms with E-state index in [-0.39, 0.29) is 12.0 Å². The van der Waals surface area contributed by atoms with Gasteiger partial charge in [-0.1, -0.05) is 0 Å². The maximum Gasteiger partial charge on any atom is 0.251 e. The minimum absolute atomic E-state index is 0.166. The standard InChI is InChI=1S/C17H27N3O2/c21-17(16-6-3-15-22-16)20-12-5-11-19(13-14-20)10-4-9-18-7-1-2-8-18/h1-2,7-8,16H,3-6,9-15H2. The van der Waals surface area contributed by atoms with Gasteiger partial charge in [0.25, 0.3) is 5.91 Å². The molecule has 2 aliphatic heterocycles. The molecule has 2 aliphatic rings. The van der Waals surface area contributed by atoms with Crippen LogP contribution >= 0.6 is 0 Å². The maximum atomic E-state index is 12.4. The highest BCUT2D eigenvalue weighted by Crippen LogP contribution is 2.16. The molecule has 22 heavy (non-hydrogen) atoms. The normalized spacial score (nSPS) is 23.6. The molecular formula is C17H27N3O2. The fourth-order valence-electron chi connectivity index (χ4n) is 3.39. The van der Waals surface area contributed by atoms with Crippen molar-refractivity contribution in [2.24, 2.45) is 0 Å². The summed E-state index contributed by atoms with van der Waals surface area (Å²) in [6.07, 6.45) is 8.22. The Kier molecular flexibility index (Phi) is 5.51.